The molecule has 0 atom stereocenters. The van der Waals surface area contributed by atoms with Crippen molar-refractivity contribution in [2.45, 2.75) is 38.5 Å². The van der Waals surface area contributed by atoms with Crippen LogP contribution in [0.3, 0.4) is 0 Å². The van der Waals surface area contributed by atoms with Crippen molar-refractivity contribution in [3.8, 4) is 0 Å². The van der Waals surface area contributed by atoms with Gasteiger partial charge in [0.05, 0.1) is 10.6 Å². The number of sulfonamides is 1. The van der Waals surface area contributed by atoms with Crippen LogP contribution >= 0.6 is 0 Å². The number of hydrogen-bond donors (Lipinski definition) is 0. The number of aryl methyl sites for hydroxylation is 3. The zero-order valence-corrected chi connectivity index (χ0v) is 16.9. The zero-order chi connectivity index (χ0) is 19.6. The number of amides is 1. The standard InChI is InChI=1S/C21H26N2O3S/c1-16-6-8-20(9-7-16)27(25,26)23(15-21(24)22-10-4-5-11-22)19-13-17(2)12-18(3)14-19/h6-9,12-14H,4-5,10-11,15H2,1-3H3. The number of nitrogens with zero attached hydrogens (tertiary/aromatic N) is 2. The summed E-state index contributed by atoms with van der Waals surface area (Å²) in [5.74, 6) is -0.151. The van der Waals surface area contributed by atoms with Crippen LogP contribution in [0.4, 0.5) is 5.69 Å². The topological polar surface area (TPSA) is 57.7 Å². The Hall–Kier alpha value is -2.34. The van der Waals surface area contributed by atoms with Crippen molar-refractivity contribution in [2.75, 3.05) is 23.9 Å². The third-order valence-corrected chi connectivity index (χ3v) is 6.63. The van der Waals surface area contributed by atoms with Crippen LogP contribution in [0.1, 0.15) is 29.5 Å². The van der Waals surface area contributed by atoms with E-state index in [-0.39, 0.29) is 17.3 Å². The average Bonchev–Trinajstić information content (AvgIpc) is 3.13. The molecular formula is C21H26N2O3S. The maximum Gasteiger partial charge on any atom is 0.264 e. The lowest BCUT2D eigenvalue weighted by Gasteiger charge is -2.27. The molecule has 1 amide bonds. The average molecular weight is 387 g/mol. The van der Waals surface area contributed by atoms with Crippen LogP contribution in [0, 0.1) is 20.8 Å². The van der Waals surface area contributed by atoms with Gasteiger partial charge in [0.15, 0.2) is 0 Å². The van der Waals surface area contributed by atoms with Crippen molar-refractivity contribution in [1.82, 2.24) is 4.90 Å². The molecule has 2 aromatic carbocycles. The molecule has 0 spiro atoms. The molecule has 1 saturated heterocycles. The first-order valence-corrected chi connectivity index (χ1v) is 10.7. The van der Waals surface area contributed by atoms with Gasteiger partial charge in [-0.1, -0.05) is 23.8 Å². The van der Waals surface area contributed by atoms with Crippen molar-refractivity contribution >= 4 is 21.6 Å². The number of rotatable bonds is 5. The molecule has 0 N–H and O–H groups in total. The normalized spacial score (nSPS) is 14.4. The number of anilines is 1. The van der Waals surface area contributed by atoms with Gasteiger partial charge >= 0.3 is 0 Å². The molecule has 1 aliphatic rings. The first kappa shape index (κ1) is 19.4. The predicted molar refractivity (Wildman–Crippen MR) is 107 cm³/mol. The van der Waals surface area contributed by atoms with Crippen LogP contribution in [-0.2, 0) is 14.8 Å². The van der Waals surface area contributed by atoms with Gasteiger partial charge in [0.2, 0.25) is 5.91 Å². The lowest BCUT2D eigenvalue weighted by molar-refractivity contribution is -0.128. The minimum atomic E-state index is -3.84. The Morgan fingerprint density at radius 3 is 2.04 bits per heavy atom. The van der Waals surface area contributed by atoms with E-state index in [4.69, 9.17) is 0 Å². The Labute approximate surface area is 161 Å². The molecule has 0 bridgehead atoms. The Morgan fingerprint density at radius 1 is 0.926 bits per heavy atom. The van der Waals surface area contributed by atoms with Crippen LogP contribution in [0.15, 0.2) is 47.4 Å². The van der Waals surface area contributed by atoms with E-state index in [1.165, 1.54) is 4.31 Å². The van der Waals surface area contributed by atoms with Crippen molar-refractivity contribution in [3.05, 3.63) is 59.2 Å². The van der Waals surface area contributed by atoms with E-state index >= 15 is 0 Å². The molecule has 6 heteroatoms. The quantitative estimate of drug-likeness (QED) is 0.791. The van der Waals surface area contributed by atoms with E-state index in [0.717, 1.165) is 29.5 Å². The summed E-state index contributed by atoms with van der Waals surface area (Å²) in [5, 5.41) is 0. The summed E-state index contributed by atoms with van der Waals surface area (Å²) in [5.41, 5.74) is 3.44. The van der Waals surface area contributed by atoms with Gasteiger partial charge in [0.1, 0.15) is 6.54 Å². The summed E-state index contributed by atoms with van der Waals surface area (Å²) in [6.45, 7) is 6.98. The molecule has 0 aliphatic carbocycles. The van der Waals surface area contributed by atoms with Gasteiger partial charge in [0, 0.05) is 13.1 Å². The van der Waals surface area contributed by atoms with E-state index < -0.39 is 10.0 Å². The minimum absolute atomic E-state index is 0.151. The largest absolute Gasteiger partial charge is 0.341 e. The molecule has 2 aromatic rings. The lowest BCUT2D eigenvalue weighted by atomic mass is 10.1. The second-order valence-corrected chi connectivity index (χ2v) is 9.12. The van der Waals surface area contributed by atoms with Gasteiger partial charge in [-0.25, -0.2) is 8.42 Å². The Kier molecular flexibility index (Phi) is 5.56. The molecule has 5 nitrogen and oxygen atoms in total. The van der Waals surface area contributed by atoms with Crippen LogP contribution in [0.25, 0.3) is 0 Å². The highest BCUT2D eigenvalue weighted by atomic mass is 32.2. The van der Waals surface area contributed by atoms with E-state index in [1.54, 1.807) is 29.2 Å². The Balaban J connectivity index is 2.02. The molecule has 0 unspecified atom stereocenters. The highest BCUT2D eigenvalue weighted by Gasteiger charge is 2.30. The smallest absolute Gasteiger partial charge is 0.264 e. The summed E-state index contributed by atoms with van der Waals surface area (Å²) in [6, 6.07) is 12.4. The first-order chi connectivity index (χ1) is 12.8. The number of carbonyl (C=O) groups excluding carboxylic acids is 1. The maximum atomic E-state index is 13.4. The van der Waals surface area contributed by atoms with Crippen LogP contribution < -0.4 is 4.31 Å². The van der Waals surface area contributed by atoms with Crippen molar-refractivity contribution in [1.29, 1.82) is 0 Å². The Bertz CT molecular complexity index is 910. The zero-order valence-electron chi connectivity index (χ0n) is 16.1. The lowest BCUT2D eigenvalue weighted by Crippen LogP contribution is -2.42. The molecular weight excluding hydrogens is 360 g/mol. The third-order valence-electron chi connectivity index (χ3n) is 4.84. The van der Waals surface area contributed by atoms with E-state index in [0.29, 0.717) is 18.8 Å². The van der Waals surface area contributed by atoms with Gasteiger partial charge in [0.25, 0.3) is 10.0 Å². The van der Waals surface area contributed by atoms with Gasteiger partial charge < -0.3 is 4.90 Å². The molecule has 0 aromatic heterocycles. The predicted octanol–water partition coefficient (Wildman–Crippen LogP) is 3.43. The SMILES string of the molecule is Cc1ccc(S(=O)(=O)N(CC(=O)N2CCCC2)c2cc(C)cc(C)c2)cc1. The first-order valence-electron chi connectivity index (χ1n) is 9.23. The number of hydrogen-bond acceptors (Lipinski definition) is 3. The molecule has 1 fully saturated rings. The molecule has 0 saturated carbocycles. The van der Waals surface area contributed by atoms with Crippen LogP contribution in [0.2, 0.25) is 0 Å². The summed E-state index contributed by atoms with van der Waals surface area (Å²) < 4.78 is 28.0. The van der Waals surface area contributed by atoms with Gasteiger partial charge in [-0.3, -0.25) is 9.10 Å². The minimum Gasteiger partial charge on any atom is -0.341 e. The summed E-state index contributed by atoms with van der Waals surface area (Å²) >= 11 is 0. The molecule has 144 valence electrons. The van der Waals surface area contributed by atoms with Crippen LogP contribution in [-0.4, -0.2) is 38.9 Å². The summed E-state index contributed by atoms with van der Waals surface area (Å²) in [4.78, 5) is 14.7. The third kappa shape index (κ3) is 4.33. The molecule has 27 heavy (non-hydrogen) atoms. The Morgan fingerprint density at radius 2 is 1.48 bits per heavy atom. The van der Waals surface area contributed by atoms with Gasteiger partial charge in [-0.15, -0.1) is 0 Å². The summed E-state index contributed by atoms with van der Waals surface area (Å²) in [6.07, 6.45) is 1.94. The van der Waals surface area contributed by atoms with Gasteiger partial charge in [-0.05, 0) is 69.0 Å². The number of benzene rings is 2. The van der Waals surface area contributed by atoms with Crippen molar-refractivity contribution < 1.29 is 13.2 Å². The number of likely N-dealkylation sites (tertiary alicyclic amines) is 1. The van der Waals surface area contributed by atoms with Crippen molar-refractivity contribution in [2.24, 2.45) is 0 Å². The fourth-order valence-corrected chi connectivity index (χ4v) is 4.83. The number of carbonyl (C=O) groups is 1. The summed E-state index contributed by atoms with van der Waals surface area (Å²) in [7, 11) is -3.84. The van der Waals surface area contributed by atoms with Gasteiger partial charge in [-0.2, -0.15) is 0 Å². The molecule has 1 heterocycles. The molecule has 3 rings (SSSR count). The van der Waals surface area contributed by atoms with Crippen LogP contribution in [0.5, 0.6) is 0 Å². The monoisotopic (exact) mass is 386 g/mol. The fourth-order valence-electron chi connectivity index (χ4n) is 3.44. The maximum absolute atomic E-state index is 13.4. The van der Waals surface area contributed by atoms with E-state index in [1.807, 2.05) is 39.0 Å². The second kappa shape index (κ2) is 7.72. The highest BCUT2D eigenvalue weighted by molar-refractivity contribution is 7.92. The van der Waals surface area contributed by atoms with E-state index in [9.17, 15) is 13.2 Å². The second-order valence-electron chi connectivity index (χ2n) is 7.26. The highest BCUT2D eigenvalue weighted by Crippen LogP contribution is 2.26. The van der Waals surface area contributed by atoms with Crippen molar-refractivity contribution in [3.63, 3.8) is 0 Å². The van der Waals surface area contributed by atoms with E-state index in [2.05, 4.69) is 0 Å². The molecule has 1 aliphatic heterocycles. The molecule has 0 radical (unpaired) electrons. The fraction of sp³-hybridized carbons (Fsp3) is 0.381.